The fourth-order valence-electron chi connectivity index (χ4n) is 4.18. The van der Waals surface area contributed by atoms with Crippen molar-refractivity contribution in [2.75, 3.05) is 0 Å². The van der Waals surface area contributed by atoms with Crippen LogP contribution in [0.5, 0.6) is 0 Å². The summed E-state index contributed by atoms with van der Waals surface area (Å²) in [7, 11) is 0. The van der Waals surface area contributed by atoms with Crippen molar-refractivity contribution in [2.24, 2.45) is 17.3 Å². The SMILES string of the molecule is C=C(C(=O)[O-])[C@@H]1CC[C@@]2(C)CCC[C@](C)(O)[C@@H]2C1. The summed E-state index contributed by atoms with van der Waals surface area (Å²) in [5.74, 6) is -0.995. The molecule has 4 atom stereocenters. The molecule has 1 N–H and O–H groups in total. The minimum Gasteiger partial charge on any atom is -0.545 e. The van der Waals surface area contributed by atoms with E-state index in [0.29, 0.717) is 0 Å². The second-order valence-corrected chi connectivity index (χ2v) is 6.70. The third-order valence-electron chi connectivity index (χ3n) is 5.36. The predicted octanol–water partition coefficient (Wildman–Crippen LogP) is 1.65. The summed E-state index contributed by atoms with van der Waals surface area (Å²) in [6.45, 7) is 7.78. The Morgan fingerprint density at radius 3 is 2.61 bits per heavy atom. The van der Waals surface area contributed by atoms with Crippen LogP contribution in [0.1, 0.15) is 52.4 Å². The van der Waals surface area contributed by atoms with Crippen molar-refractivity contribution >= 4 is 5.97 Å². The lowest BCUT2D eigenvalue weighted by molar-refractivity contribution is -0.300. The zero-order chi connectivity index (χ0) is 13.6. The van der Waals surface area contributed by atoms with E-state index in [1.165, 1.54) is 0 Å². The van der Waals surface area contributed by atoms with Crippen LogP contribution in [0.2, 0.25) is 0 Å². The topological polar surface area (TPSA) is 60.4 Å². The van der Waals surface area contributed by atoms with E-state index in [1.807, 2.05) is 6.92 Å². The minimum absolute atomic E-state index is 0.0300. The van der Waals surface area contributed by atoms with Crippen LogP contribution in [-0.4, -0.2) is 16.7 Å². The largest absolute Gasteiger partial charge is 0.545 e. The van der Waals surface area contributed by atoms with E-state index in [0.717, 1.165) is 38.5 Å². The van der Waals surface area contributed by atoms with Crippen LogP contribution in [0.4, 0.5) is 0 Å². The number of carbonyl (C=O) groups is 1. The molecular formula is C15H23O3-. The Labute approximate surface area is 109 Å². The van der Waals surface area contributed by atoms with Crippen molar-refractivity contribution in [1.82, 2.24) is 0 Å². The van der Waals surface area contributed by atoms with Crippen LogP contribution in [-0.2, 0) is 4.79 Å². The average molecular weight is 251 g/mol. The molecule has 18 heavy (non-hydrogen) atoms. The highest BCUT2D eigenvalue weighted by Crippen LogP contribution is 2.56. The van der Waals surface area contributed by atoms with Gasteiger partial charge in [-0.25, -0.2) is 0 Å². The molecule has 0 radical (unpaired) electrons. The van der Waals surface area contributed by atoms with E-state index in [2.05, 4.69) is 13.5 Å². The van der Waals surface area contributed by atoms with Crippen molar-refractivity contribution in [3.05, 3.63) is 12.2 Å². The highest BCUT2D eigenvalue weighted by Gasteiger charge is 2.50. The maximum absolute atomic E-state index is 10.9. The maximum atomic E-state index is 10.9. The van der Waals surface area contributed by atoms with E-state index >= 15 is 0 Å². The molecule has 0 aromatic rings. The maximum Gasteiger partial charge on any atom is 0.0671 e. The van der Waals surface area contributed by atoms with Gasteiger partial charge in [-0.05, 0) is 61.9 Å². The standard InChI is InChI=1S/C15H24O3/c1-10(13(16)17)11-5-8-14(2)6-4-7-15(3,18)12(14)9-11/h11-12,18H,1,4-9H2,2-3H3,(H,16,17)/p-1/t11-,12-,14-,15+/m1/s1. The molecule has 0 amide bonds. The Hall–Kier alpha value is -0.830. The van der Waals surface area contributed by atoms with Gasteiger partial charge in [-0.1, -0.05) is 19.9 Å². The normalized spacial score (nSPS) is 44.2. The van der Waals surface area contributed by atoms with E-state index < -0.39 is 11.6 Å². The van der Waals surface area contributed by atoms with Crippen LogP contribution in [0.3, 0.4) is 0 Å². The van der Waals surface area contributed by atoms with Crippen LogP contribution >= 0.6 is 0 Å². The van der Waals surface area contributed by atoms with Gasteiger partial charge in [-0.15, -0.1) is 0 Å². The molecule has 0 aliphatic heterocycles. The number of carboxylic acids is 1. The molecule has 0 aromatic heterocycles. The van der Waals surface area contributed by atoms with Crippen LogP contribution in [0.15, 0.2) is 12.2 Å². The van der Waals surface area contributed by atoms with Gasteiger partial charge in [0.2, 0.25) is 0 Å². The summed E-state index contributed by atoms with van der Waals surface area (Å²) in [4.78, 5) is 10.9. The zero-order valence-electron chi connectivity index (χ0n) is 11.4. The monoisotopic (exact) mass is 251 g/mol. The number of hydrogen-bond acceptors (Lipinski definition) is 3. The predicted molar refractivity (Wildman–Crippen MR) is 67.6 cm³/mol. The number of hydrogen-bond donors (Lipinski definition) is 1. The van der Waals surface area contributed by atoms with E-state index in [4.69, 9.17) is 0 Å². The first-order valence-corrected chi connectivity index (χ1v) is 6.89. The number of carbonyl (C=O) groups excluding carboxylic acids is 1. The first-order chi connectivity index (χ1) is 8.26. The van der Waals surface area contributed by atoms with Gasteiger partial charge < -0.3 is 15.0 Å². The van der Waals surface area contributed by atoms with Crippen LogP contribution < -0.4 is 5.11 Å². The fraction of sp³-hybridized carbons (Fsp3) is 0.800. The molecule has 2 aliphatic rings. The highest BCUT2D eigenvalue weighted by molar-refractivity contribution is 5.84. The van der Waals surface area contributed by atoms with Crippen molar-refractivity contribution in [3.8, 4) is 0 Å². The molecule has 2 fully saturated rings. The molecule has 3 nitrogen and oxygen atoms in total. The van der Waals surface area contributed by atoms with Gasteiger partial charge in [0, 0.05) is 0 Å². The lowest BCUT2D eigenvalue weighted by Crippen LogP contribution is -2.51. The number of aliphatic carboxylic acids is 1. The molecule has 102 valence electrons. The van der Waals surface area contributed by atoms with E-state index in [-0.39, 0.29) is 22.8 Å². The third-order valence-corrected chi connectivity index (χ3v) is 5.36. The summed E-state index contributed by atoms with van der Waals surface area (Å²) >= 11 is 0. The summed E-state index contributed by atoms with van der Waals surface area (Å²) in [6, 6.07) is 0. The second kappa shape index (κ2) is 4.37. The lowest BCUT2D eigenvalue weighted by atomic mass is 9.53. The first kappa shape index (κ1) is 13.6. The zero-order valence-corrected chi connectivity index (χ0v) is 11.4. The van der Waals surface area contributed by atoms with Crippen LogP contribution in [0.25, 0.3) is 0 Å². The Kier molecular flexibility index (Phi) is 3.30. The molecule has 0 unspecified atom stereocenters. The van der Waals surface area contributed by atoms with Crippen LogP contribution in [0, 0.1) is 17.3 Å². The average Bonchev–Trinajstić information content (AvgIpc) is 2.27. The molecule has 2 rings (SSSR count). The van der Waals surface area contributed by atoms with Crippen molar-refractivity contribution in [3.63, 3.8) is 0 Å². The Morgan fingerprint density at radius 2 is 2.00 bits per heavy atom. The molecule has 0 saturated heterocycles. The second-order valence-electron chi connectivity index (χ2n) is 6.70. The Bertz CT molecular complexity index is 372. The summed E-state index contributed by atoms with van der Waals surface area (Å²) < 4.78 is 0. The van der Waals surface area contributed by atoms with Crippen molar-refractivity contribution in [1.29, 1.82) is 0 Å². The first-order valence-electron chi connectivity index (χ1n) is 6.89. The Morgan fingerprint density at radius 1 is 1.33 bits per heavy atom. The smallest absolute Gasteiger partial charge is 0.0671 e. The van der Waals surface area contributed by atoms with Gasteiger partial charge in [0.1, 0.15) is 0 Å². The third kappa shape index (κ3) is 2.20. The molecule has 3 heteroatoms. The van der Waals surface area contributed by atoms with Gasteiger partial charge in [-0.3, -0.25) is 0 Å². The number of rotatable bonds is 2. The highest BCUT2D eigenvalue weighted by atomic mass is 16.4. The van der Waals surface area contributed by atoms with Crippen molar-refractivity contribution in [2.45, 2.75) is 58.0 Å². The van der Waals surface area contributed by atoms with Gasteiger partial charge in [0.05, 0.1) is 11.6 Å². The van der Waals surface area contributed by atoms with Gasteiger partial charge in [0.25, 0.3) is 0 Å². The van der Waals surface area contributed by atoms with Gasteiger partial charge in [-0.2, -0.15) is 0 Å². The molecule has 0 heterocycles. The number of aliphatic hydroxyl groups is 1. The molecule has 0 aromatic carbocycles. The van der Waals surface area contributed by atoms with Gasteiger partial charge >= 0.3 is 0 Å². The summed E-state index contributed by atoms with van der Waals surface area (Å²) in [6.07, 6.45) is 5.58. The summed E-state index contributed by atoms with van der Waals surface area (Å²) in [5.41, 5.74) is -0.305. The minimum atomic E-state index is -1.14. The molecule has 2 saturated carbocycles. The number of fused-ring (bicyclic) bond motifs is 1. The summed E-state index contributed by atoms with van der Waals surface area (Å²) in [5, 5.41) is 21.5. The molecule has 0 spiro atoms. The van der Waals surface area contributed by atoms with Gasteiger partial charge in [0.15, 0.2) is 0 Å². The Balaban J connectivity index is 2.19. The van der Waals surface area contributed by atoms with Crippen molar-refractivity contribution < 1.29 is 15.0 Å². The molecule has 0 bridgehead atoms. The number of carboxylic acid groups (broad SMARTS) is 1. The quantitative estimate of drug-likeness (QED) is 0.759. The lowest BCUT2D eigenvalue weighted by Gasteiger charge is -2.54. The molecule has 2 aliphatic carbocycles. The van der Waals surface area contributed by atoms with E-state index in [9.17, 15) is 15.0 Å². The van der Waals surface area contributed by atoms with E-state index in [1.54, 1.807) is 0 Å². The molecular weight excluding hydrogens is 228 g/mol. The fourth-order valence-corrected chi connectivity index (χ4v) is 4.18.